The van der Waals surface area contributed by atoms with E-state index in [-0.39, 0.29) is 11.6 Å². The zero-order valence-electron chi connectivity index (χ0n) is 15.0. The van der Waals surface area contributed by atoms with E-state index >= 15 is 0 Å². The summed E-state index contributed by atoms with van der Waals surface area (Å²) in [6.07, 6.45) is 1.56. The van der Waals surface area contributed by atoms with Gasteiger partial charge in [-0.15, -0.1) is 0 Å². The largest absolute Gasteiger partial charge is 0.467 e. The number of benzene rings is 2. The van der Waals surface area contributed by atoms with E-state index in [1.807, 2.05) is 36.4 Å². The van der Waals surface area contributed by atoms with Crippen molar-refractivity contribution in [3.05, 3.63) is 90.1 Å². The van der Waals surface area contributed by atoms with Crippen molar-refractivity contribution >= 4 is 17.5 Å². The molecule has 0 aliphatic rings. The number of nitrogens with one attached hydrogen (secondary N) is 2. The van der Waals surface area contributed by atoms with Crippen LogP contribution in [-0.2, 0) is 6.54 Å². The van der Waals surface area contributed by atoms with E-state index in [0.29, 0.717) is 23.8 Å². The fourth-order valence-corrected chi connectivity index (χ4v) is 2.68. The molecule has 0 bridgehead atoms. The van der Waals surface area contributed by atoms with Gasteiger partial charge < -0.3 is 15.1 Å². The average Bonchev–Trinajstić information content (AvgIpc) is 3.27. The predicted octanol–water partition coefficient (Wildman–Crippen LogP) is 5.51. The second-order valence-electron chi connectivity index (χ2n) is 6.11. The van der Waals surface area contributed by atoms with Crippen LogP contribution in [0.15, 0.2) is 71.3 Å². The minimum atomic E-state index is -1.56. The molecule has 0 fully saturated rings. The third kappa shape index (κ3) is 4.21. The van der Waals surface area contributed by atoms with E-state index in [2.05, 4.69) is 20.6 Å². The molecule has 0 unspecified atom stereocenters. The highest BCUT2D eigenvalue weighted by molar-refractivity contribution is 5.66. The molecule has 146 valence electrons. The van der Waals surface area contributed by atoms with Crippen molar-refractivity contribution in [3.63, 3.8) is 0 Å². The first-order chi connectivity index (χ1) is 14.1. The van der Waals surface area contributed by atoms with Gasteiger partial charge in [0.1, 0.15) is 11.6 Å². The monoisotopic (exact) mass is 396 g/mol. The summed E-state index contributed by atoms with van der Waals surface area (Å²) >= 11 is 0. The van der Waals surface area contributed by atoms with E-state index in [4.69, 9.17) is 4.42 Å². The Labute approximate surface area is 164 Å². The van der Waals surface area contributed by atoms with Crippen LogP contribution in [0.2, 0.25) is 0 Å². The van der Waals surface area contributed by atoms with Crippen molar-refractivity contribution in [2.24, 2.45) is 0 Å². The number of hydrogen-bond acceptors (Lipinski definition) is 5. The smallest absolute Gasteiger partial charge is 0.229 e. The Hall–Kier alpha value is -3.81. The van der Waals surface area contributed by atoms with Gasteiger partial charge in [-0.25, -0.2) is 18.2 Å². The van der Waals surface area contributed by atoms with Gasteiger partial charge in [-0.05, 0) is 24.3 Å². The van der Waals surface area contributed by atoms with Crippen LogP contribution in [-0.4, -0.2) is 9.97 Å². The second-order valence-corrected chi connectivity index (χ2v) is 6.11. The van der Waals surface area contributed by atoms with Gasteiger partial charge in [0.15, 0.2) is 17.5 Å². The quantitative estimate of drug-likeness (QED) is 0.421. The molecule has 4 aromatic rings. The fraction of sp³-hybridized carbons (Fsp3) is 0.0476. The van der Waals surface area contributed by atoms with Gasteiger partial charge in [-0.2, -0.15) is 4.98 Å². The Morgan fingerprint density at radius 3 is 2.45 bits per heavy atom. The first-order valence-electron chi connectivity index (χ1n) is 8.71. The lowest BCUT2D eigenvalue weighted by atomic mass is 10.1. The first-order valence-corrected chi connectivity index (χ1v) is 8.71. The molecule has 2 aromatic carbocycles. The number of anilines is 3. The van der Waals surface area contributed by atoms with E-state index < -0.39 is 17.5 Å². The lowest BCUT2D eigenvalue weighted by molar-refractivity contribution is 0.449. The lowest BCUT2D eigenvalue weighted by Gasteiger charge is -2.12. The minimum absolute atomic E-state index is 0.0261. The zero-order chi connectivity index (χ0) is 20.2. The van der Waals surface area contributed by atoms with Crippen LogP contribution in [0.1, 0.15) is 5.76 Å². The zero-order valence-corrected chi connectivity index (χ0v) is 15.0. The van der Waals surface area contributed by atoms with Crippen LogP contribution in [0.3, 0.4) is 0 Å². The van der Waals surface area contributed by atoms with Crippen molar-refractivity contribution in [3.8, 4) is 11.3 Å². The summed E-state index contributed by atoms with van der Waals surface area (Å²) in [6, 6.07) is 16.5. The van der Waals surface area contributed by atoms with Crippen molar-refractivity contribution in [2.45, 2.75) is 6.54 Å². The van der Waals surface area contributed by atoms with E-state index in [9.17, 15) is 13.2 Å². The summed E-state index contributed by atoms with van der Waals surface area (Å²) in [5.74, 6) is -3.01. The molecule has 29 heavy (non-hydrogen) atoms. The number of rotatable bonds is 6. The molecule has 2 heterocycles. The molecule has 0 spiro atoms. The Morgan fingerprint density at radius 2 is 1.69 bits per heavy atom. The third-order valence-corrected chi connectivity index (χ3v) is 4.10. The van der Waals surface area contributed by atoms with Crippen molar-refractivity contribution in [1.82, 2.24) is 9.97 Å². The molecule has 0 amide bonds. The van der Waals surface area contributed by atoms with Gasteiger partial charge in [-0.1, -0.05) is 30.3 Å². The Bertz CT molecular complexity index is 1120. The van der Waals surface area contributed by atoms with E-state index in [0.717, 1.165) is 17.7 Å². The predicted molar refractivity (Wildman–Crippen MR) is 103 cm³/mol. The standard InChI is InChI=1S/C21H15F3N4O/c22-15-8-9-16(20(24)19(15)23)26-21-27-17(13-5-2-1-3-6-13)11-18(28-21)25-12-14-7-4-10-29-14/h1-11H,12H2,(H2,25,26,27,28). The van der Waals surface area contributed by atoms with Crippen LogP contribution in [0.25, 0.3) is 11.3 Å². The van der Waals surface area contributed by atoms with Crippen LogP contribution in [0.4, 0.5) is 30.6 Å². The molecule has 8 heteroatoms. The molecule has 4 rings (SSSR count). The minimum Gasteiger partial charge on any atom is -0.467 e. The topological polar surface area (TPSA) is 63.0 Å². The molecule has 0 saturated carbocycles. The number of nitrogens with zero attached hydrogens (tertiary/aromatic N) is 2. The molecule has 0 saturated heterocycles. The Morgan fingerprint density at radius 1 is 0.862 bits per heavy atom. The maximum atomic E-state index is 14.0. The summed E-state index contributed by atoms with van der Waals surface area (Å²) in [7, 11) is 0. The normalized spacial score (nSPS) is 10.7. The molecule has 5 nitrogen and oxygen atoms in total. The average molecular weight is 396 g/mol. The SMILES string of the molecule is Fc1ccc(Nc2nc(NCc3ccco3)cc(-c3ccccc3)n2)c(F)c1F. The summed E-state index contributed by atoms with van der Waals surface area (Å²) < 4.78 is 46.1. The molecule has 0 aliphatic carbocycles. The fourth-order valence-electron chi connectivity index (χ4n) is 2.68. The third-order valence-electron chi connectivity index (χ3n) is 4.10. The van der Waals surface area contributed by atoms with E-state index in [1.165, 1.54) is 0 Å². The van der Waals surface area contributed by atoms with Crippen molar-refractivity contribution in [2.75, 3.05) is 10.6 Å². The van der Waals surface area contributed by atoms with E-state index in [1.54, 1.807) is 18.4 Å². The maximum absolute atomic E-state index is 14.0. The second kappa shape index (κ2) is 8.05. The molecule has 2 aromatic heterocycles. The number of hydrogen-bond donors (Lipinski definition) is 2. The van der Waals surface area contributed by atoms with Crippen LogP contribution < -0.4 is 10.6 Å². The van der Waals surface area contributed by atoms with Crippen molar-refractivity contribution in [1.29, 1.82) is 0 Å². The molecular weight excluding hydrogens is 381 g/mol. The molecule has 0 aliphatic heterocycles. The molecule has 0 radical (unpaired) electrons. The number of halogens is 3. The molecule has 2 N–H and O–H groups in total. The Balaban J connectivity index is 1.68. The highest BCUT2D eigenvalue weighted by atomic mass is 19.2. The number of furan rings is 1. The summed E-state index contributed by atoms with van der Waals surface area (Å²) in [5.41, 5.74) is 1.10. The summed E-state index contributed by atoms with van der Waals surface area (Å²) in [5, 5.41) is 5.72. The summed E-state index contributed by atoms with van der Waals surface area (Å²) in [6.45, 7) is 0.372. The maximum Gasteiger partial charge on any atom is 0.229 e. The van der Waals surface area contributed by atoms with Crippen LogP contribution in [0.5, 0.6) is 0 Å². The van der Waals surface area contributed by atoms with Crippen molar-refractivity contribution < 1.29 is 17.6 Å². The molecular formula is C21H15F3N4O. The van der Waals surface area contributed by atoms with Gasteiger partial charge in [-0.3, -0.25) is 0 Å². The summed E-state index contributed by atoms with van der Waals surface area (Å²) in [4.78, 5) is 8.66. The van der Waals surface area contributed by atoms with Gasteiger partial charge in [0.05, 0.1) is 24.2 Å². The first kappa shape index (κ1) is 18.5. The Kier molecular flexibility index (Phi) is 5.15. The highest BCUT2D eigenvalue weighted by Crippen LogP contribution is 2.26. The van der Waals surface area contributed by atoms with Gasteiger partial charge >= 0.3 is 0 Å². The van der Waals surface area contributed by atoms with Crippen LogP contribution >= 0.6 is 0 Å². The van der Waals surface area contributed by atoms with Crippen LogP contribution in [0, 0.1) is 17.5 Å². The lowest BCUT2D eigenvalue weighted by Crippen LogP contribution is -2.06. The highest BCUT2D eigenvalue weighted by Gasteiger charge is 2.15. The molecule has 0 atom stereocenters. The van der Waals surface area contributed by atoms with Gasteiger partial charge in [0.2, 0.25) is 5.95 Å². The van der Waals surface area contributed by atoms with Gasteiger partial charge in [0.25, 0.3) is 0 Å². The van der Waals surface area contributed by atoms with Gasteiger partial charge in [0, 0.05) is 11.6 Å². The number of aromatic nitrogens is 2.